The van der Waals surface area contributed by atoms with Crippen LogP contribution in [0.3, 0.4) is 0 Å². The molecule has 3 rings (SSSR count). The van der Waals surface area contributed by atoms with E-state index in [1.807, 2.05) is 18.2 Å². The Kier molecular flexibility index (Phi) is 3.31. The topological polar surface area (TPSA) is 38.9 Å². The second kappa shape index (κ2) is 4.73. The zero-order valence-electron chi connectivity index (χ0n) is 8.96. The first-order valence-electron chi connectivity index (χ1n) is 5.04. The molecule has 2 aromatic heterocycles. The zero-order chi connectivity index (χ0) is 11.0. The van der Waals surface area contributed by atoms with Crippen LogP contribution < -0.4 is 5.73 Å². The van der Waals surface area contributed by atoms with E-state index in [0.717, 1.165) is 10.6 Å². The number of nitrogens with zero attached hydrogens (tertiary/aromatic N) is 1. The summed E-state index contributed by atoms with van der Waals surface area (Å²) in [7, 11) is 0. The molecule has 0 saturated carbocycles. The minimum Gasteiger partial charge on any atom is -0.384 e. The Morgan fingerprint density at radius 2 is 1.82 bits per heavy atom. The van der Waals surface area contributed by atoms with Crippen LogP contribution in [-0.2, 0) is 0 Å². The number of hydrogen-bond donors (Lipinski definition) is 1. The van der Waals surface area contributed by atoms with Crippen molar-refractivity contribution in [2.45, 2.75) is 0 Å². The van der Waals surface area contributed by atoms with E-state index in [9.17, 15) is 0 Å². The van der Waals surface area contributed by atoms with Crippen molar-refractivity contribution in [1.82, 2.24) is 4.98 Å². The highest BCUT2D eigenvalue weighted by Crippen LogP contribution is 2.32. The zero-order valence-corrected chi connectivity index (χ0v) is 10.6. The van der Waals surface area contributed by atoms with Gasteiger partial charge in [-0.05, 0) is 29.7 Å². The molecule has 17 heavy (non-hydrogen) atoms. The minimum atomic E-state index is 0. The summed E-state index contributed by atoms with van der Waals surface area (Å²) in [6, 6.07) is 16.2. The maximum Gasteiger partial charge on any atom is 0.124 e. The number of thiophene rings is 1. The summed E-state index contributed by atoms with van der Waals surface area (Å²) < 4.78 is 1.28. The number of pyridine rings is 1. The van der Waals surface area contributed by atoms with Crippen LogP contribution in [0, 0.1) is 0 Å². The summed E-state index contributed by atoms with van der Waals surface area (Å²) in [4.78, 5) is 5.49. The third-order valence-corrected chi connectivity index (χ3v) is 3.59. The fraction of sp³-hybridized carbons (Fsp3) is 0. The number of anilines is 1. The number of aromatic nitrogens is 1. The molecule has 0 aliphatic rings. The summed E-state index contributed by atoms with van der Waals surface area (Å²) in [5, 5.41) is 1.26. The molecule has 0 radical (unpaired) electrons. The van der Waals surface area contributed by atoms with E-state index in [4.69, 9.17) is 5.73 Å². The maximum absolute atomic E-state index is 5.68. The van der Waals surface area contributed by atoms with Gasteiger partial charge in [0.25, 0.3) is 0 Å². The third-order valence-electron chi connectivity index (χ3n) is 2.45. The first-order valence-corrected chi connectivity index (χ1v) is 5.86. The van der Waals surface area contributed by atoms with Crippen molar-refractivity contribution >= 4 is 39.6 Å². The Morgan fingerprint density at radius 3 is 2.59 bits per heavy atom. The lowest BCUT2D eigenvalue weighted by Gasteiger charge is -1.96. The maximum atomic E-state index is 5.68. The van der Waals surface area contributed by atoms with Crippen LogP contribution in [0.5, 0.6) is 0 Å². The average Bonchev–Trinajstić information content (AvgIpc) is 2.72. The molecular weight excluding hydrogens is 252 g/mol. The van der Waals surface area contributed by atoms with E-state index >= 15 is 0 Å². The van der Waals surface area contributed by atoms with E-state index < -0.39 is 0 Å². The van der Waals surface area contributed by atoms with Crippen LogP contribution in [-0.4, -0.2) is 4.98 Å². The predicted octanol–water partition coefficient (Wildman–Crippen LogP) is 3.97. The second-order valence-electron chi connectivity index (χ2n) is 3.60. The van der Waals surface area contributed by atoms with E-state index in [-0.39, 0.29) is 12.4 Å². The SMILES string of the molecule is Cl.Nc1cccc(-c2cc3ccccc3s2)n1. The third kappa shape index (κ3) is 2.25. The lowest BCUT2D eigenvalue weighted by atomic mass is 10.2. The van der Waals surface area contributed by atoms with Crippen molar-refractivity contribution in [2.75, 3.05) is 5.73 Å². The summed E-state index contributed by atoms with van der Waals surface area (Å²) >= 11 is 1.74. The van der Waals surface area contributed by atoms with Crippen LogP contribution in [0.25, 0.3) is 20.7 Å². The summed E-state index contributed by atoms with van der Waals surface area (Å²) in [5.41, 5.74) is 6.63. The number of hydrogen-bond acceptors (Lipinski definition) is 3. The fourth-order valence-corrected chi connectivity index (χ4v) is 2.73. The summed E-state index contributed by atoms with van der Waals surface area (Å²) in [6.45, 7) is 0. The van der Waals surface area contributed by atoms with Gasteiger partial charge in [0.15, 0.2) is 0 Å². The van der Waals surface area contributed by atoms with Gasteiger partial charge in [-0.2, -0.15) is 0 Å². The monoisotopic (exact) mass is 262 g/mol. The quantitative estimate of drug-likeness (QED) is 0.721. The minimum absolute atomic E-state index is 0. The average molecular weight is 263 g/mol. The lowest BCUT2D eigenvalue weighted by molar-refractivity contribution is 1.35. The van der Waals surface area contributed by atoms with Crippen LogP contribution in [0.2, 0.25) is 0 Å². The van der Waals surface area contributed by atoms with Crippen LogP contribution >= 0.6 is 23.7 Å². The van der Waals surface area contributed by atoms with Crippen molar-refractivity contribution in [3.63, 3.8) is 0 Å². The Labute approximate surface area is 110 Å². The standard InChI is InChI=1S/C13H10N2S.ClH/c14-13-7-3-5-10(15-13)12-8-9-4-1-2-6-11(9)16-12;/h1-8H,(H2,14,15);1H. The molecule has 0 amide bonds. The van der Waals surface area contributed by atoms with Crippen molar-refractivity contribution < 1.29 is 0 Å². The molecule has 0 unspecified atom stereocenters. The molecular formula is C13H11ClN2S. The molecule has 3 aromatic rings. The van der Waals surface area contributed by atoms with Gasteiger partial charge in [0.1, 0.15) is 5.82 Å². The molecule has 0 atom stereocenters. The highest BCUT2D eigenvalue weighted by Gasteiger charge is 2.04. The van der Waals surface area contributed by atoms with Crippen LogP contribution in [0.4, 0.5) is 5.82 Å². The van der Waals surface area contributed by atoms with Gasteiger partial charge in [-0.3, -0.25) is 0 Å². The highest BCUT2D eigenvalue weighted by atomic mass is 35.5. The number of nitrogens with two attached hydrogens (primary N) is 1. The Bertz CT molecular complexity index is 615. The smallest absolute Gasteiger partial charge is 0.124 e. The molecule has 0 aliphatic heterocycles. The molecule has 2 nitrogen and oxygen atoms in total. The van der Waals surface area contributed by atoms with Gasteiger partial charge in [-0.1, -0.05) is 24.3 Å². The van der Waals surface area contributed by atoms with E-state index in [0.29, 0.717) is 5.82 Å². The van der Waals surface area contributed by atoms with Gasteiger partial charge in [0, 0.05) is 4.70 Å². The summed E-state index contributed by atoms with van der Waals surface area (Å²) in [5.74, 6) is 0.565. The molecule has 86 valence electrons. The summed E-state index contributed by atoms with van der Waals surface area (Å²) in [6.07, 6.45) is 0. The molecule has 0 bridgehead atoms. The molecule has 4 heteroatoms. The Hall–Kier alpha value is -1.58. The number of halogens is 1. The molecule has 2 heterocycles. The number of fused-ring (bicyclic) bond motifs is 1. The molecule has 0 fully saturated rings. The van der Waals surface area contributed by atoms with Crippen molar-refractivity contribution in [2.24, 2.45) is 0 Å². The normalized spacial score (nSPS) is 10.1. The lowest BCUT2D eigenvalue weighted by Crippen LogP contribution is -1.89. The van der Waals surface area contributed by atoms with Gasteiger partial charge in [-0.15, -0.1) is 23.7 Å². The number of nitrogen functional groups attached to an aromatic ring is 1. The molecule has 1 aromatic carbocycles. The van der Waals surface area contributed by atoms with Crippen molar-refractivity contribution in [3.05, 3.63) is 48.5 Å². The number of rotatable bonds is 1. The first kappa shape index (κ1) is 11.9. The predicted molar refractivity (Wildman–Crippen MR) is 76.7 cm³/mol. The van der Waals surface area contributed by atoms with E-state index in [1.165, 1.54) is 10.1 Å². The van der Waals surface area contributed by atoms with E-state index in [2.05, 4.69) is 29.2 Å². The highest BCUT2D eigenvalue weighted by molar-refractivity contribution is 7.22. The van der Waals surface area contributed by atoms with Gasteiger partial charge >= 0.3 is 0 Å². The van der Waals surface area contributed by atoms with E-state index in [1.54, 1.807) is 17.4 Å². The largest absolute Gasteiger partial charge is 0.384 e. The van der Waals surface area contributed by atoms with Crippen molar-refractivity contribution in [1.29, 1.82) is 0 Å². The first-order chi connectivity index (χ1) is 7.83. The Balaban J connectivity index is 0.00000108. The van der Waals surface area contributed by atoms with Crippen molar-refractivity contribution in [3.8, 4) is 10.6 Å². The van der Waals surface area contributed by atoms with Crippen LogP contribution in [0.1, 0.15) is 0 Å². The molecule has 0 spiro atoms. The molecule has 0 aliphatic carbocycles. The van der Waals surface area contributed by atoms with Gasteiger partial charge < -0.3 is 5.73 Å². The molecule has 0 saturated heterocycles. The number of benzene rings is 1. The molecule has 2 N–H and O–H groups in total. The van der Waals surface area contributed by atoms with Gasteiger partial charge in [0.2, 0.25) is 0 Å². The van der Waals surface area contributed by atoms with Gasteiger partial charge in [-0.25, -0.2) is 4.98 Å². The fourth-order valence-electron chi connectivity index (χ4n) is 1.70. The second-order valence-corrected chi connectivity index (χ2v) is 4.68. The Morgan fingerprint density at radius 1 is 1.00 bits per heavy atom. The van der Waals surface area contributed by atoms with Gasteiger partial charge in [0.05, 0.1) is 10.6 Å². The van der Waals surface area contributed by atoms with Crippen LogP contribution in [0.15, 0.2) is 48.5 Å².